The normalized spacial score (nSPS) is 16.9. The minimum atomic E-state index is 0.865. The number of anilines is 2. The highest BCUT2D eigenvalue weighted by atomic mass is 15.3. The van der Waals surface area contributed by atoms with Crippen LogP contribution in [0.1, 0.15) is 16.8 Å². The molecule has 3 aromatic rings. The van der Waals surface area contributed by atoms with Crippen LogP contribution in [-0.2, 0) is 19.6 Å². The molecule has 6 heteroatoms. The lowest BCUT2D eigenvalue weighted by Gasteiger charge is -2.26. The Morgan fingerprint density at radius 1 is 0.562 bits per heavy atom. The summed E-state index contributed by atoms with van der Waals surface area (Å²) in [6.45, 7) is 8.61. The largest absolute Gasteiger partial charge is 0.398 e. The first-order chi connectivity index (χ1) is 15.7. The molecule has 0 unspecified atom stereocenters. The first kappa shape index (κ1) is 22.3. The molecule has 1 aliphatic rings. The molecule has 0 saturated carbocycles. The molecular weight excluding hydrogens is 396 g/mol. The van der Waals surface area contributed by atoms with Gasteiger partial charge in [0.05, 0.1) is 5.69 Å². The topological polar surface area (TPSA) is 74.7 Å². The van der Waals surface area contributed by atoms with Crippen LogP contribution >= 0.6 is 0 Å². The fraction of sp³-hybridized carbons (Fsp3) is 0.346. The minimum absolute atomic E-state index is 0.865. The predicted molar refractivity (Wildman–Crippen MR) is 132 cm³/mol. The second-order valence-corrected chi connectivity index (χ2v) is 8.55. The molecule has 1 fully saturated rings. The Hall–Kier alpha value is -2.93. The molecule has 2 heterocycles. The van der Waals surface area contributed by atoms with Crippen LogP contribution in [0.25, 0.3) is 0 Å². The fourth-order valence-electron chi connectivity index (χ4n) is 4.22. The third-order valence-electron chi connectivity index (χ3n) is 6.21. The van der Waals surface area contributed by atoms with Gasteiger partial charge in [-0.25, -0.2) is 0 Å². The van der Waals surface area contributed by atoms with Crippen LogP contribution in [-0.4, -0.2) is 59.0 Å². The number of nitrogen functional groups attached to an aromatic ring is 2. The van der Waals surface area contributed by atoms with E-state index in [-0.39, 0.29) is 0 Å². The van der Waals surface area contributed by atoms with Crippen molar-refractivity contribution in [3.05, 3.63) is 89.7 Å². The number of pyridine rings is 1. The quantitative estimate of drug-likeness (QED) is 0.586. The molecular formula is C26H34N6. The summed E-state index contributed by atoms with van der Waals surface area (Å²) in [5.74, 6) is 0. The van der Waals surface area contributed by atoms with E-state index in [1.807, 2.05) is 36.5 Å². The van der Waals surface area contributed by atoms with Crippen molar-refractivity contribution in [1.82, 2.24) is 19.7 Å². The average molecular weight is 431 g/mol. The van der Waals surface area contributed by atoms with Crippen LogP contribution in [0.2, 0.25) is 0 Å². The number of para-hydroxylation sites is 2. The zero-order valence-electron chi connectivity index (χ0n) is 18.7. The van der Waals surface area contributed by atoms with Crippen molar-refractivity contribution in [2.24, 2.45) is 0 Å². The molecule has 4 rings (SSSR count). The molecule has 0 atom stereocenters. The maximum Gasteiger partial charge on any atom is 0.0543 e. The van der Waals surface area contributed by atoms with Crippen molar-refractivity contribution in [2.75, 3.05) is 50.7 Å². The van der Waals surface area contributed by atoms with Gasteiger partial charge in [0.2, 0.25) is 0 Å². The molecule has 4 N–H and O–H groups in total. The average Bonchev–Trinajstić information content (AvgIpc) is 2.89. The van der Waals surface area contributed by atoms with E-state index in [0.29, 0.717) is 0 Å². The molecule has 0 bridgehead atoms. The van der Waals surface area contributed by atoms with E-state index >= 15 is 0 Å². The molecule has 0 amide bonds. The number of hydrogen-bond donors (Lipinski definition) is 2. The summed E-state index contributed by atoms with van der Waals surface area (Å²) < 4.78 is 0. The van der Waals surface area contributed by atoms with Crippen molar-refractivity contribution in [1.29, 1.82) is 0 Å². The second-order valence-electron chi connectivity index (χ2n) is 8.55. The Morgan fingerprint density at radius 2 is 1.00 bits per heavy atom. The first-order valence-corrected chi connectivity index (χ1v) is 11.4. The summed E-state index contributed by atoms with van der Waals surface area (Å²) in [5, 5.41) is 0. The van der Waals surface area contributed by atoms with Crippen LogP contribution in [0.3, 0.4) is 0 Å². The molecule has 2 aromatic carbocycles. The molecule has 1 saturated heterocycles. The van der Waals surface area contributed by atoms with E-state index in [0.717, 1.165) is 76.0 Å². The van der Waals surface area contributed by atoms with E-state index in [2.05, 4.69) is 56.1 Å². The number of aromatic nitrogens is 1. The van der Waals surface area contributed by atoms with E-state index < -0.39 is 0 Å². The highest BCUT2D eigenvalue weighted by Gasteiger charge is 2.18. The molecule has 32 heavy (non-hydrogen) atoms. The summed E-state index contributed by atoms with van der Waals surface area (Å²) in [4.78, 5) is 12.1. The van der Waals surface area contributed by atoms with Gasteiger partial charge in [-0.1, -0.05) is 42.5 Å². The zero-order chi connectivity index (χ0) is 22.2. The summed E-state index contributed by atoms with van der Waals surface area (Å²) in [6.07, 6.45) is 1.88. The van der Waals surface area contributed by atoms with Gasteiger partial charge in [0.15, 0.2) is 0 Å². The van der Waals surface area contributed by atoms with Crippen LogP contribution in [0.5, 0.6) is 0 Å². The van der Waals surface area contributed by atoms with Crippen LogP contribution in [0.4, 0.5) is 11.4 Å². The SMILES string of the molecule is Nc1ccccc1CN1CCN(Cc2ccccn2)CCN(Cc2ccccc2N)CC1. The second kappa shape index (κ2) is 11.1. The van der Waals surface area contributed by atoms with Gasteiger partial charge >= 0.3 is 0 Å². The molecule has 168 valence electrons. The maximum atomic E-state index is 6.24. The number of rotatable bonds is 6. The Morgan fingerprint density at radius 3 is 1.44 bits per heavy atom. The number of hydrogen-bond acceptors (Lipinski definition) is 6. The smallest absolute Gasteiger partial charge is 0.0543 e. The first-order valence-electron chi connectivity index (χ1n) is 11.4. The van der Waals surface area contributed by atoms with Crippen LogP contribution in [0, 0.1) is 0 Å². The van der Waals surface area contributed by atoms with Gasteiger partial charge in [-0.3, -0.25) is 19.7 Å². The number of nitrogens with two attached hydrogens (primary N) is 2. The highest BCUT2D eigenvalue weighted by molar-refractivity contribution is 5.46. The number of benzene rings is 2. The monoisotopic (exact) mass is 430 g/mol. The van der Waals surface area contributed by atoms with Gasteiger partial charge in [0.25, 0.3) is 0 Å². The standard InChI is InChI=1S/C26H34N6/c27-25-10-3-1-7-22(25)19-30-13-14-31(20-23-8-2-4-11-26(23)28)16-18-32(17-15-30)21-24-9-5-6-12-29-24/h1-12H,13-21,27-28H2. The van der Waals surface area contributed by atoms with Crippen molar-refractivity contribution in [3.63, 3.8) is 0 Å². The summed E-state index contributed by atoms with van der Waals surface area (Å²) in [6, 6.07) is 22.5. The van der Waals surface area contributed by atoms with E-state index in [4.69, 9.17) is 11.5 Å². The minimum Gasteiger partial charge on any atom is -0.398 e. The highest BCUT2D eigenvalue weighted by Crippen LogP contribution is 2.17. The van der Waals surface area contributed by atoms with Crippen molar-refractivity contribution < 1.29 is 0 Å². The summed E-state index contributed by atoms with van der Waals surface area (Å²) in [5.41, 5.74) is 17.7. The maximum absolute atomic E-state index is 6.24. The lowest BCUT2D eigenvalue weighted by molar-refractivity contribution is 0.208. The van der Waals surface area contributed by atoms with Gasteiger partial charge in [-0.2, -0.15) is 0 Å². The fourth-order valence-corrected chi connectivity index (χ4v) is 4.22. The van der Waals surface area contributed by atoms with Crippen molar-refractivity contribution in [2.45, 2.75) is 19.6 Å². The lowest BCUT2D eigenvalue weighted by atomic mass is 10.1. The Labute approximate surface area is 191 Å². The zero-order valence-corrected chi connectivity index (χ0v) is 18.7. The predicted octanol–water partition coefficient (Wildman–Crippen LogP) is 3.07. The van der Waals surface area contributed by atoms with E-state index in [1.165, 1.54) is 11.1 Å². The summed E-state index contributed by atoms with van der Waals surface area (Å²) in [7, 11) is 0. The van der Waals surface area contributed by atoms with Crippen LogP contribution in [0.15, 0.2) is 72.9 Å². The summed E-state index contributed by atoms with van der Waals surface area (Å²) >= 11 is 0. The molecule has 0 radical (unpaired) electrons. The molecule has 0 aliphatic carbocycles. The number of nitrogens with zero attached hydrogens (tertiary/aromatic N) is 4. The lowest BCUT2D eigenvalue weighted by Crippen LogP contribution is -2.35. The van der Waals surface area contributed by atoms with Gasteiger partial charge in [-0.05, 0) is 35.4 Å². The molecule has 1 aromatic heterocycles. The third kappa shape index (κ3) is 6.29. The van der Waals surface area contributed by atoms with Gasteiger partial charge in [-0.15, -0.1) is 0 Å². The molecule has 0 spiro atoms. The molecule has 1 aliphatic heterocycles. The van der Waals surface area contributed by atoms with E-state index in [1.54, 1.807) is 0 Å². The van der Waals surface area contributed by atoms with Gasteiger partial charge < -0.3 is 11.5 Å². The molecule has 6 nitrogen and oxygen atoms in total. The van der Waals surface area contributed by atoms with Crippen molar-refractivity contribution >= 4 is 11.4 Å². The van der Waals surface area contributed by atoms with Gasteiger partial charge in [0, 0.05) is 76.5 Å². The van der Waals surface area contributed by atoms with Crippen LogP contribution < -0.4 is 11.5 Å². The van der Waals surface area contributed by atoms with Crippen molar-refractivity contribution in [3.8, 4) is 0 Å². The van der Waals surface area contributed by atoms with E-state index in [9.17, 15) is 0 Å². The Balaban J connectivity index is 1.49. The Kier molecular flexibility index (Phi) is 7.72. The Bertz CT molecular complexity index is 917. The van der Waals surface area contributed by atoms with Gasteiger partial charge in [0.1, 0.15) is 0 Å². The third-order valence-corrected chi connectivity index (χ3v) is 6.21.